The Hall–Kier alpha value is -0.830. The zero-order valence-corrected chi connectivity index (χ0v) is 5.79. The Labute approximate surface area is 59.9 Å². The minimum atomic E-state index is -0.367. The predicted octanol–water partition coefficient (Wildman–Crippen LogP) is -0.233. The van der Waals surface area contributed by atoms with Crippen LogP contribution in [0.4, 0.5) is 0 Å². The molecule has 0 saturated carbocycles. The number of rotatable bonds is 1. The molecule has 0 radical (unpaired) electrons. The summed E-state index contributed by atoms with van der Waals surface area (Å²) in [6.07, 6.45) is 4.89. The summed E-state index contributed by atoms with van der Waals surface area (Å²) in [5.74, 6) is -0.177. The van der Waals surface area contributed by atoms with E-state index in [1.807, 2.05) is 12.2 Å². The van der Waals surface area contributed by atoms with Gasteiger partial charge < -0.3 is 10.0 Å². The second kappa shape index (κ2) is 3.37. The lowest BCUT2D eigenvalue weighted by Crippen LogP contribution is -2.35. The summed E-state index contributed by atoms with van der Waals surface area (Å²) in [6, 6.07) is 0. The normalized spacial score (nSPS) is 17.5. The van der Waals surface area contributed by atoms with Gasteiger partial charge >= 0.3 is 0 Å². The Bertz CT molecular complexity index is 154. The summed E-state index contributed by atoms with van der Waals surface area (Å²) < 4.78 is 0. The van der Waals surface area contributed by atoms with Crippen molar-refractivity contribution in [3.63, 3.8) is 0 Å². The molecule has 1 aliphatic rings. The standard InChI is InChI=1S/C7H11NO2/c9-6-7(10)8-4-2-1-3-5-8/h1-2,9H,3-6H2. The highest BCUT2D eigenvalue weighted by molar-refractivity contribution is 5.77. The highest BCUT2D eigenvalue weighted by Crippen LogP contribution is 2.00. The van der Waals surface area contributed by atoms with Crippen molar-refractivity contribution in [1.29, 1.82) is 0 Å². The Morgan fingerprint density at radius 2 is 2.40 bits per heavy atom. The maximum Gasteiger partial charge on any atom is 0.248 e. The van der Waals surface area contributed by atoms with Gasteiger partial charge in [-0.15, -0.1) is 0 Å². The Morgan fingerprint density at radius 1 is 1.60 bits per heavy atom. The van der Waals surface area contributed by atoms with Crippen molar-refractivity contribution in [2.45, 2.75) is 6.42 Å². The number of hydrogen-bond donors (Lipinski definition) is 1. The van der Waals surface area contributed by atoms with E-state index in [0.717, 1.165) is 13.0 Å². The van der Waals surface area contributed by atoms with Crippen LogP contribution in [0.1, 0.15) is 6.42 Å². The smallest absolute Gasteiger partial charge is 0.248 e. The number of amides is 1. The molecule has 56 valence electrons. The maximum absolute atomic E-state index is 10.8. The van der Waals surface area contributed by atoms with Gasteiger partial charge in [0.15, 0.2) is 0 Å². The molecule has 0 bridgehead atoms. The first-order valence-corrected chi connectivity index (χ1v) is 3.38. The van der Waals surface area contributed by atoms with E-state index in [1.54, 1.807) is 4.90 Å². The van der Waals surface area contributed by atoms with Crippen molar-refractivity contribution in [1.82, 2.24) is 4.90 Å². The molecule has 0 saturated heterocycles. The molecule has 1 heterocycles. The van der Waals surface area contributed by atoms with Gasteiger partial charge in [-0.1, -0.05) is 12.2 Å². The predicted molar refractivity (Wildman–Crippen MR) is 37.4 cm³/mol. The molecule has 1 N–H and O–H groups in total. The highest BCUT2D eigenvalue weighted by atomic mass is 16.3. The van der Waals surface area contributed by atoms with Crippen LogP contribution in [0.25, 0.3) is 0 Å². The van der Waals surface area contributed by atoms with Crippen LogP contribution in [0.3, 0.4) is 0 Å². The molecule has 3 heteroatoms. The Morgan fingerprint density at radius 3 is 2.90 bits per heavy atom. The van der Waals surface area contributed by atoms with Crippen LogP contribution in [-0.2, 0) is 4.79 Å². The van der Waals surface area contributed by atoms with Gasteiger partial charge in [-0.2, -0.15) is 0 Å². The molecule has 1 rings (SSSR count). The van der Waals surface area contributed by atoms with Crippen molar-refractivity contribution in [3.8, 4) is 0 Å². The van der Waals surface area contributed by atoms with Crippen LogP contribution < -0.4 is 0 Å². The molecule has 1 amide bonds. The average Bonchev–Trinajstić information content (AvgIpc) is 2.05. The topological polar surface area (TPSA) is 40.5 Å². The lowest BCUT2D eigenvalue weighted by atomic mass is 10.2. The zero-order valence-electron chi connectivity index (χ0n) is 5.79. The highest BCUT2D eigenvalue weighted by Gasteiger charge is 2.11. The molecule has 1 aliphatic heterocycles. The number of aliphatic hydroxyl groups is 1. The molecule has 0 fully saturated rings. The molecule has 0 aliphatic carbocycles. The zero-order chi connectivity index (χ0) is 7.40. The van der Waals surface area contributed by atoms with E-state index >= 15 is 0 Å². The molecule has 0 aromatic carbocycles. The van der Waals surface area contributed by atoms with Gasteiger partial charge in [0.2, 0.25) is 5.91 Å². The Balaban J connectivity index is 2.41. The van der Waals surface area contributed by atoms with E-state index in [4.69, 9.17) is 5.11 Å². The van der Waals surface area contributed by atoms with E-state index in [2.05, 4.69) is 0 Å². The van der Waals surface area contributed by atoms with Gasteiger partial charge in [-0.3, -0.25) is 4.79 Å². The molecular formula is C7H11NO2. The first kappa shape index (κ1) is 7.28. The van der Waals surface area contributed by atoms with E-state index in [9.17, 15) is 4.79 Å². The van der Waals surface area contributed by atoms with Crippen molar-refractivity contribution < 1.29 is 9.90 Å². The summed E-state index contributed by atoms with van der Waals surface area (Å²) in [7, 11) is 0. The fourth-order valence-corrected chi connectivity index (χ4v) is 0.968. The lowest BCUT2D eigenvalue weighted by molar-refractivity contribution is -0.133. The van der Waals surface area contributed by atoms with Crippen molar-refractivity contribution >= 4 is 5.91 Å². The molecule has 0 atom stereocenters. The van der Waals surface area contributed by atoms with Crippen LogP contribution >= 0.6 is 0 Å². The van der Waals surface area contributed by atoms with Crippen LogP contribution in [0.2, 0.25) is 0 Å². The van der Waals surface area contributed by atoms with E-state index in [-0.39, 0.29) is 12.5 Å². The van der Waals surface area contributed by atoms with Crippen LogP contribution in [0, 0.1) is 0 Å². The van der Waals surface area contributed by atoms with E-state index in [0.29, 0.717) is 6.54 Å². The Kier molecular flexibility index (Phi) is 2.45. The van der Waals surface area contributed by atoms with Gasteiger partial charge in [0.25, 0.3) is 0 Å². The van der Waals surface area contributed by atoms with Crippen molar-refractivity contribution in [2.75, 3.05) is 19.7 Å². The largest absolute Gasteiger partial charge is 0.387 e. The summed E-state index contributed by atoms with van der Waals surface area (Å²) in [4.78, 5) is 12.4. The molecule has 0 aromatic rings. The number of nitrogens with zero attached hydrogens (tertiary/aromatic N) is 1. The van der Waals surface area contributed by atoms with Crippen molar-refractivity contribution in [3.05, 3.63) is 12.2 Å². The first-order valence-electron chi connectivity index (χ1n) is 3.38. The fraction of sp³-hybridized carbons (Fsp3) is 0.571. The first-order chi connectivity index (χ1) is 4.84. The number of aliphatic hydroxyl groups excluding tert-OH is 1. The third-order valence-electron chi connectivity index (χ3n) is 1.55. The van der Waals surface area contributed by atoms with Gasteiger partial charge in [0.05, 0.1) is 0 Å². The summed E-state index contributed by atoms with van der Waals surface area (Å²) in [6.45, 7) is 1.03. The van der Waals surface area contributed by atoms with Crippen LogP contribution in [0.5, 0.6) is 0 Å². The molecule has 3 nitrogen and oxygen atoms in total. The third-order valence-corrected chi connectivity index (χ3v) is 1.55. The number of carbonyl (C=O) groups is 1. The van der Waals surface area contributed by atoms with Crippen LogP contribution in [-0.4, -0.2) is 35.6 Å². The molecule has 0 aromatic heterocycles. The van der Waals surface area contributed by atoms with Gasteiger partial charge in [-0.25, -0.2) is 0 Å². The van der Waals surface area contributed by atoms with Gasteiger partial charge in [0, 0.05) is 13.1 Å². The summed E-state index contributed by atoms with van der Waals surface area (Å²) in [5.41, 5.74) is 0. The molecule has 0 spiro atoms. The summed E-state index contributed by atoms with van der Waals surface area (Å²) in [5, 5.41) is 8.47. The SMILES string of the molecule is O=C(CO)N1CC=CCC1. The number of hydrogen-bond acceptors (Lipinski definition) is 2. The van der Waals surface area contributed by atoms with Gasteiger partial charge in [0.1, 0.15) is 6.61 Å². The van der Waals surface area contributed by atoms with E-state index in [1.165, 1.54) is 0 Å². The van der Waals surface area contributed by atoms with E-state index < -0.39 is 0 Å². The molecule has 0 unspecified atom stereocenters. The second-order valence-electron chi connectivity index (χ2n) is 2.26. The minimum Gasteiger partial charge on any atom is -0.387 e. The minimum absolute atomic E-state index is 0.177. The fourth-order valence-electron chi connectivity index (χ4n) is 0.968. The van der Waals surface area contributed by atoms with Crippen LogP contribution in [0.15, 0.2) is 12.2 Å². The summed E-state index contributed by atoms with van der Waals surface area (Å²) >= 11 is 0. The lowest BCUT2D eigenvalue weighted by Gasteiger charge is -2.21. The quantitative estimate of drug-likeness (QED) is 0.512. The van der Waals surface area contributed by atoms with Crippen molar-refractivity contribution in [2.24, 2.45) is 0 Å². The molecular weight excluding hydrogens is 130 g/mol. The average molecular weight is 141 g/mol. The second-order valence-corrected chi connectivity index (χ2v) is 2.26. The monoisotopic (exact) mass is 141 g/mol. The third kappa shape index (κ3) is 1.57. The number of carbonyl (C=O) groups excluding carboxylic acids is 1. The maximum atomic E-state index is 10.8. The molecule has 10 heavy (non-hydrogen) atoms. The van der Waals surface area contributed by atoms with Gasteiger partial charge in [-0.05, 0) is 6.42 Å².